The lowest BCUT2D eigenvalue weighted by Gasteiger charge is -2.14. The highest BCUT2D eigenvalue weighted by Crippen LogP contribution is 2.37. The van der Waals surface area contributed by atoms with Crippen LogP contribution >= 0.6 is 23.2 Å². The summed E-state index contributed by atoms with van der Waals surface area (Å²) in [6, 6.07) is 4.58. The monoisotopic (exact) mass is 488 g/mol. The number of halogens is 6. The number of carbonyl (C=O) groups is 1. The maximum atomic E-state index is 14.3. The Kier molecular flexibility index (Phi) is 7.23. The summed E-state index contributed by atoms with van der Waals surface area (Å²) in [6.07, 6.45) is -4.69. The van der Waals surface area contributed by atoms with Gasteiger partial charge in [0.25, 0.3) is 5.91 Å². The van der Waals surface area contributed by atoms with Gasteiger partial charge in [0, 0.05) is 24.7 Å². The van der Waals surface area contributed by atoms with Gasteiger partial charge in [-0.2, -0.15) is 25.9 Å². The number of ether oxygens (including phenoxy) is 1. The maximum Gasteiger partial charge on any atom is 0.417 e. The third-order valence-electron chi connectivity index (χ3n) is 3.72. The van der Waals surface area contributed by atoms with E-state index in [9.17, 15) is 30.8 Å². The molecule has 1 N–H and O–H groups in total. The first-order valence-corrected chi connectivity index (χ1v) is 10.1. The van der Waals surface area contributed by atoms with E-state index in [1.807, 2.05) is 0 Å². The molecule has 0 aliphatic rings. The minimum Gasteiger partial charge on any atom is -0.489 e. The summed E-state index contributed by atoms with van der Waals surface area (Å²) in [5.41, 5.74) is -1.72. The molecular formula is C17H14Cl2F4N2O4S. The lowest BCUT2D eigenvalue weighted by Crippen LogP contribution is -2.39. The quantitative estimate of drug-likeness (QED) is 0.616. The molecule has 0 bridgehead atoms. The zero-order valence-electron chi connectivity index (χ0n) is 15.4. The highest BCUT2D eigenvalue weighted by Gasteiger charge is 2.33. The van der Waals surface area contributed by atoms with Crippen molar-refractivity contribution < 1.29 is 35.5 Å². The van der Waals surface area contributed by atoms with Crippen molar-refractivity contribution in [3.63, 3.8) is 0 Å². The summed E-state index contributed by atoms with van der Waals surface area (Å²) in [6.45, 7) is -0.424. The van der Waals surface area contributed by atoms with Crippen LogP contribution in [0.3, 0.4) is 0 Å². The second-order valence-electron chi connectivity index (χ2n) is 6.07. The largest absolute Gasteiger partial charge is 0.489 e. The third kappa shape index (κ3) is 5.75. The smallest absolute Gasteiger partial charge is 0.417 e. The minimum atomic E-state index is -4.69. The Morgan fingerprint density at radius 3 is 2.33 bits per heavy atom. The zero-order chi connectivity index (χ0) is 22.9. The van der Waals surface area contributed by atoms with Crippen LogP contribution in [0.25, 0.3) is 0 Å². The molecule has 2 aromatic carbocycles. The van der Waals surface area contributed by atoms with E-state index in [1.54, 1.807) is 4.72 Å². The molecule has 0 unspecified atom stereocenters. The minimum absolute atomic E-state index is 0.0182. The summed E-state index contributed by atoms with van der Waals surface area (Å²) in [7, 11) is -1.82. The number of hydrogen-bond donors (Lipinski definition) is 1. The number of carbonyl (C=O) groups excluding carboxylic acids is 1. The molecule has 0 saturated carbocycles. The third-order valence-corrected chi connectivity index (χ3v) is 5.81. The van der Waals surface area contributed by atoms with Crippen LogP contribution in [0.1, 0.15) is 21.5 Å². The summed E-state index contributed by atoms with van der Waals surface area (Å²) in [5.74, 6) is -2.54. The van der Waals surface area contributed by atoms with Gasteiger partial charge in [0.2, 0.25) is 0 Å². The summed E-state index contributed by atoms with van der Waals surface area (Å²) in [5, 5.41) is -0.671. The fourth-order valence-corrected chi connectivity index (χ4v) is 3.08. The summed E-state index contributed by atoms with van der Waals surface area (Å²) >= 11 is 11.5. The molecule has 0 aromatic heterocycles. The average Bonchev–Trinajstić information content (AvgIpc) is 2.61. The normalized spacial score (nSPS) is 12.2. The van der Waals surface area contributed by atoms with Gasteiger partial charge in [0.15, 0.2) is 0 Å². The van der Waals surface area contributed by atoms with Gasteiger partial charge < -0.3 is 4.74 Å². The number of nitrogens with zero attached hydrogens (tertiary/aromatic N) is 1. The lowest BCUT2D eigenvalue weighted by molar-refractivity contribution is -0.137. The molecule has 0 fully saturated rings. The van der Waals surface area contributed by atoms with Gasteiger partial charge in [-0.05, 0) is 30.3 Å². The summed E-state index contributed by atoms with van der Waals surface area (Å²) in [4.78, 5) is 12.0. The van der Waals surface area contributed by atoms with Crippen molar-refractivity contribution in [2.24, 2.45) is 0 Å². The first-order chi connectivity index (χ1) is 13.7. The van der Waals surface area contributed by atoms with E-state index in [4.69, 9.17) is 27.9 Å². The van der Waals surface area contributed by atoms with Crippen molar-refractivity contribution in [2.45, 2.75) is 12.8 Å². The molecule has 0 heterocycles. The van der Waals surface area contributed by atoms with E-state index in [2.05, 4.69) is 0 Å². The highest BCUT2D eigenvalue weighted by molar-refractivity contribution is 7.87. The first-order valence-electron chi connectivity index (χ1n) is 7.94. The van der Waals surface area contributed by atoms with Gasteiger partial charge in [-0.3, -0.25) is 4.79 Å². The van der Waals surface area contributed by atoms with Crippen molar-refractivity contribution in [3.05, 3.63) is 62.9 Å². The predicted molar refractivity (Wildman–Crippen MR) is 102 cm³/mol. The van der Waals surface area contributed by atoms with E-state index in [-0.39, 0.29) is 16.3 Å². The number of alkyl halides is 3. The highest BCUT2D eigenvalue weighted by atomic mass is 35.5. The molecule has 6 nitrogen and oxygen atoms in total. The van der Waals surface area contributed by atoms with Gasteiger partial charge in [-0.15, -0.1) is 0 Å². The Balaban J connectivity index is 2.22. The number of nitrogens with one attached hydrogen (secondary N) is 1. The second-order valence-corrected chi connectivity index (χ2v) is 8.77. The standard InChI is InChI=1S/C17H14Cl2F4N2O4S/c1-25(2)30(27,28)24-16(26)11-7-14(19)9(5-15(11)20)8-29-10-3-4-13(18)12(6-10)17(21,22)23/h3-7H,8H2,1-2H3,(H,24,26). The van der Waals surface area contributed by atoms with E-state index < -0.39 is 50.9 Å². The van der Waals surface area contributed by atoms with E-state index >= 15 is 0 Å². The molecule has 0 aliphatic heterocycles. The fraction of sp³-hybridized carbons (Fsp3) is 0.235. The second kappa shape index (κ2) is 8.96. The Morgan fingerprint density at radius 2 is 1.77 bits per heavy atom. The lowest BCUT2D eigenvalue weighted by atomic mass is 10.1. The molecule has 0 atom stereocenters. The van der Waals surface area contributed by atoms with Crippen LogP contribution in [0, 0.1) is 5.82 Å². The van der Waals surface area contributed by atoms with Crippen LogP contribution in [0.15, 0.2) is 30.3 Å². The Morgan fingerprint density at radius 1 is 1.13 bits per heavy atom. The van der Waals surface area contributed by atoms with Crippen LogP contribution in [-0.2, 0) is 23.0 Å². The maximum absolute atomic E-state index is 14.3. The molecule has 2 rings (SSSR count). The topological polar surface area (TPSA) is 75.7 Å². The van der Waals surface area contributed by atoms with Crippen molar-refractivity contribution in [1.82, 2.24) is 9.03 Å². The van der Waals surface area contributed by atoms with E-state index in [0.717, 1.165) is 18.2 Å². The number of amides is 1. The molecule has 13 heteroatoms. The van der Waals surface area contributed by atoms with Gasteiger partial charge in [-0.25, -0.2) is 9.11 Å². The van der Waals surface area contributed by atoms with Crippen LogP contribution in [0.4, 0.5) is 17.6 Å². The summed E-state index contributed by atoms with van der Waals surface area (Å²) < 4.78 is 84.0. The molecule has 0 radical (unpaired) electrons. The van der Waals surface area contributed by atoms with Crippen molar-refractivity contribution in [1.29, 1.82) is 0 Å². The van der Waals surface area contributed by atoms with Gasteiger partial charge in [0.05, 0.1) is 16.1 Å². The average molecular weight is 489 g/mol. The van der Waals surface area contributed by atoms with Crippen molar-refractivity contribution in [2.75, 3.05) is 14.1 Å². The molecule has 2 aromatic rings. The van der Waals surface area contributed by atoms with Crippen LogP contribution in [0.2, 0.25) is 10.0 Å². The van der Waals surface area contributed by atoms with Gasteiger partial charge in [-0.1, -0.05) is 23.2 Å². The SMILES string of the molecule is CN(C)S(=O)(=O)NC(=O)c1cc(Cl)c(COc2ccc(Cl)c(C(F)(F)F)c2)cc1F. The van der Waals surface area contributed by atoms with Gasteiger partial charge in [0.1, 0.15) is 18.2 Å². The first kappa shape index (κ1) is 24.2. The molecule has 1 amide bonds. The fourth-order valence-electron chi connectivity index (χ4n) is 2.11. The van der Waals surface area contributed by atoms with Crippen LogP contribution in [0.5, 0.6) is 5.75 Å². The van der Waals surface area contributed by atoms with E-state index in [1.165, 1.54) is 20.2 Å². The Bertz CT molecular complexity index is 1080. The predicted octanol–water partition coefficient (Wildman–Crippen LogP) is 4.27. The molecule has 30 heavy (non-hydrogen) atoms. The Hall–Kier alpha value is -2.08. The molecule has 164 valence electrons. The van der Waals surface area contributed by atoms with Crippen molar-refractivity contribution >= 4 is 39.3 Å². The van der Waals surface area contributed by atoms with Crippen LogP contribution < -0.4 is 9.46 Å². The van der Waals surface area contributed by atoms with Gasteiger partial charge >= 0.3 is 16.4 Å². The van der Waals surface area contributed by atoms with Crippen molar-refractivity contribution in [3.8, 4) is 5.75 Å². The number of benzene rings is 2. The molecule has 0 aliphatic carbocycles. The number of hydrogen-bond acceptors (Lipinski definition) is 4. The van der Waals surface area contributed by atoms with E-state index in [0.29, 0.717) is 10.4 Å². The molecule has 0 saturated heterocycles. The molecular weight excluding hydrogens is 475 g/mol. The Labute approximate surface area is 179 Å². The number of rotatable bonds is 6. The zero-order valence-corrected chi connectivity index (χ0v) is 17.7. The molecule has 0 spiro atoms. The van der Waals surface area contributed by atoms with Crippen LogP contribution in [-0.4, -0.2) is 32.7 Å².